The molecule has 6 nitrogen and oxygen atoms in total. The van der Waals surface area contributed by atoms with Crippen molar-refractivity contribution < 1.29 is 13.9 Å². The summed E-state index contributed by atoms with van der Waals surface area (Å²) in [5.74, 6) is -0.156. The predicted octanol–water partition coefficient (Wildman–Crippen LogP) is 3.34. The van der Waals surface area contributed by atoms with E-state index in [1.165, 1.54) is 11.3 Å². The van der Waals surface area contributed by atoms with Gasteiger partial charge in [0.15, 0.2) is 10.3 Å². The van der Waals surface area contributed by atoms with Crippen LogP contribution >= 0.6 is 27.3 Å². The van der Waals surface area contributed by atoms with Crippen LogP contribution in [0.1, 0.15) is 21.2 Å². The second-order valence-corrected chi connectivity index (χ2v) is 6.76. The normalized spacial score (nSPS) is 11.3. The number of aryl methyl sites for hydroxylation is 1. The van der Waals surface area contributed by atoms with Crippen LogP contribution in [0, 0.1) is 6.92 Å². The lowest BCUT2D eigenvalue weighted by Crippen LogP contribution is -2.26. The molecule has 3 heterocycles. The van der Waals surface area contributed by atoms with Crippen LogP contribution < -0.4 is 5.32 Å². The van der Waals surface area contributed by atoms with Crippen molar-refractivity contribution in [3.8, 4) is 0 Å². The topological polar surface area (TPSA) is 69.3 Å². The number of hydrogen-bond acceptors (Lipinski definition) is 5. The Morgan fingerprint density at radius 3 is 3.04 bits per heavy atom. The molecule has 0 spiro atoms. The molecule has 0 saturated carbocycles. The number of carbonyl (C=O) groups is 1. The first-order chi connectivity index (χ1) is 11.1. The molecule has 0 aliphatic rings. The summed E-state index contributed by atoms with van der Waals surface area (Å²) in [7, 11) is 1.64. The highest BCUT2D eigenvalue weighted by atomic mass is 79.9. The first kappa shape index (κ1) is 16.2. The summed E-state index contributed by atoms with van der Waals surface area (Å²) in [4.78, 5) is 16.9. The lowest BCUT2D eigenvalue weighted by Gasteiger charge is -2.09. The van der Waals surface area contributed by atoms with Crippen LogP contribution in [0.25, 0.3) is 11.1 Å². The number of ether oxygens (including phenoxy) is 1. The molecule has 0 fully saturated rings. The molecule has 0 bridgehead atoms. The first-order valence-corrected chi connectivity index (χ1v) is 8.72. The molecular formula is C15H16BrN3O3S. The molecule has 0 aromatic carbocycles. The molecule has 122 valence electrons. The Balaban J connectivity index is 1.82. The maximum atomic E-state index is 12.5. The third-order valence-electron chi connectivity index (χ3n) is 3.38. The highest BCUT2D eigenvalue weighted by molar-refractivity contribution is 9.10. The van der Waals surface area contributed by atoms with Crippen molar-refractivity contribution in [1.29, 1.82) is 0 Å². The van der Waals surface area contributed by atoms with E-state index in [0.717, 1.165) is 16.2 Å². The number of furan rings is 1. The number of nitrogens with zero attached hydrogens (tertiary/aromatic N) is 2. The first-order valence-electron chi connectivity index (χ1n) is 7.05. The van der Waals surface area contributed by atoms with Gasteiger partial charge in [0.1, 0.15) is 10.7 Å². The van der Waals surface area contributed by atoms with E-state index in [2.05, 4.69) is 26.2 Å². The van der Waals surface area contributed by atoms with Gasteiger partial charge in [-0.3, -0.25) is 4.79 Å². The van der Waals surface area contributed by atoms with E-state index < -0.39 is 0 Å². The van der Waals surface area contributed by atoms with Gasteiger partial charge < -0.3 is 19.0 Å². The molecule has 3 aromatic heterocycles. The molecule has 0 radical (unpaired) electrons. The summed E-state index contributed by atoms with van der Waals surface area (Å²) < 4.78 is 13.2. The average molecular weight is 398 g/mol. The molecule has 1 amide bonds. The molecule has 0 aliphatic carbocycles. The summed E-state index contributed by atoms with van der Waals surface area (Å²) in [5, 5.41) is 5.76. The van der Waals surface area contributed by atoms with Crippen molar-refractivity contribution in [1.82, 2.24) is 14.9 Å². The third kappa shape index (κ3) is 3.49. The zero-order valence-electron chi connectivity index (χ0n) is 12.8. The standard InChI is InChI=1S/C15H16BrN3O3S/c1-9-8-23-14(18-9)7-17-15(20)11-5-12-10(6-13(16)22-12)19(11)3-4-21-2/h5-6,8H,3-4,7H2,1-2H3,(H,17,20). The number of methoxy groups -OCH3 is 1. The van der Waals surface area contributed by atoms with Gasteiger partial charge in [-0.25, -0.2) is 4.98 Å². The van der Waals surface area contributed by atoms with Gasteiger partial charge in [-0.2, -0.15) is 0 Å². The van der Waals surface area contributed by atoms with E-state index in [-0.39, 0.29) is 5.91 Å². The van der Waals surface area contributed by atoms with Crippen LogP contribution in [0.3, 0.4) is 0 Å². The Kier molecular flexibility index (Phi) is 4.84. The number of rotatable bonds is 6. The molecule has 0 aliphatic heterocycles. The van der Waals surface area contributed by atoms with Crippen LogP contribution in [-0.2, 0) is 17.8 Å². The van der Waals surface area contributed by atoms with Crippen molar-refractivity contribution >= 4 is 44.3 Å². The van der Waals surface area contributed by atoms with Gasteiger partial charge >= 0.3 is 0 Å². The van der Waals surface area contributed by atoms with Crippen LogP contribution in [0.2, 0.25) is 0 Å². The van der Waals surface area contributed by atoms with Gasteiger partial charge in [0.05, 0.1) is 18.7 Å². The van der Waals surface area contributed by atoms with Crippen LogP contribution in [-0.4, -0.2) is 29.2 Å². The minimum Gasteiger partial charge on any atom is -0.448 e. The number of aromatic nitrogens is 2. The fourth-order valence-electron chi connectivity index (χ4n) is 2.35. The van der Waals surface area contributed by atoms with Crippen molar-refractivity contribution in [2.45, 2.75) is 20.0 Å². The summed E-state index contributed by atoms with van der Waals surface area (Å²) in [6.07, 6.45) is 0. The molecule has 8 heteroatoms. The van der Waals surface area contributed by atoms with E-state index in [4.69, 9.17) is 9.15 Å². The fourth-order valence-corrected chi connectivity index (χ4v) is 3.46. The summed E-state index contributed by atoms with van der Waals surface area (Å²) in [6.45, 7) is 3.44. The number of nitrogens with one attached hydrogen (secondary N) is 1. The minimum absolute atomic E-state index is 0.156. The van der Waals surface area contributed by atoms with E-state index >= 15 is 0 Å². The smallest absolute Gasteiger partial charge is 0.268 e. The Morgan fingerprint density at radius 1 is 1.52 bits per heavy atom. The van der Waals surface area contributed by atoms with Crippen molar-refractivity contribution in [2.75, 3.05) is 13.7 Å². The second kappa shape index (κ2) is 6.86. The fraction of sp³-hybridized carbons (Fsp3) is 0.333. The molecule has 0 saturated heterocycles. The Bertz CT molecular complexity index is 836. The largest absolute Gasteiger partial charge is 0.448 e. The van der Waals surface area contributed by atoms with Gasteiger partial charge in [0.2, 0.25) is 0 Å². The number of thiazole rings is 1. The van der Waals surface area contributed by atoms with Crippen LogP contribution in [0.4, 0.5) is 0 Å². The monoisotopic (exact) mass is 397 g/mol. The molecule has 3 rings (SSSR count). The van der Waals surface area contributed by atoms with Crippen molar-refractivity contribution in [2.24, 2.45) is 0 Å². The Labute approximate surface area is 145 Å². The van der Waals surface area contributed by atoms with Crippen LogP contribution in [0.5, 0.6) is 0 Å². The molecule has 0 atom stereocenters. The number of carbonyl (C=O) groups excluding carboxylic acids is 1. The van der Waals surface area contributed by atoms with E-state index in [0.29, 0.717) is 35.6 Å². The number of amides is 1. The SMILES string of the molecule is COCCn1c(C(=O)NCc2nc(C)cs2)cc2oc(Br)cc21. The number of halogens is 1. The van der Waals surface area contributed by atoms with Crippen molar-refractivity contribution in [3.63, 3.8) is 0 Å². The van der Waals surface area contributed by atoms with Crippen LogP contribution in [0.15, 0.2) is 26.6 Å². The Hall–Kier alpha value is -1.64. The molecule has 1 N–H and O–H groups in total. The molecule has 3 aromatic rings. The second-order valence-electron chi connectivity index (χ2n) is 5.04. The predicted molar refractivity (Wildman–Crippen MR) is 91.8 cm³/mol. The van der Waals surface area contributed by atoms with Gasteiger partial charge in [0, 0.05) is 36.9 Å². The molecule has 23 heavy (non-hydrogen) atoms. The summed E-state index contributed by atoms with van der Waals surface area (Å²) >= 11 is 4.85. The summed E-state index contributed by atoms with van der Waals surface area (Å²) in [5.41, 5.74) is 3.05. The molecule has 0 unspecified atom stereocenters. The Morgan fingerprint density at radius 2 is 2.35 bits per heavy atom. The average Bonchev–Trinajstić information content (AvgIpc) is 3.17. The van der Waals surface area contributed by atoms with Gasteiger partial charge in [0.25, 0.3) is 5.91 Å². The van der Waals surface area contributed by atoms with E-state index in [1.807, 2.05) is 22.9 Å². The maximum absolute atomic E-state index is 12.5. The lowest BCUT2D eigenvalue weighted by atomic mass is 10.4. The zero-order chi connectivity index (χ0) is 16.4. The highest BCUT2D eigenvalue weighted by Crippen LogP contribution is 2.27. The quantitative estimate of drug-likeness (QED) is 0.692. The van der Waals surface area contributed by atoms with Gasteiger partial charge in [-0.15, -0.1) is 11.3 Å². The highest BCUT2D eigenvalue weighted by Gasteiger charge is 2.18. The van der Waals surface area contributed by atoms with Gasteiger partial charge in [-0.05, 0) is 22.9 Å². The number of hydrogen-bond donors (Lipinski definition) is 1. The summed E-state index contributed by atoms with van der Waals surface area (Å²) in [6, 6.07) is 3.60. The van der Waals surface area contributed by atoms with Gasteiger partial charge in [-0.1, -0.05) is 0 Å². The molecular weight excluding hydrogens is 382 g/mol. The van der Waals surface area contributed by atoms with E-state index in [1.54, 1.807) is 13.2 Å². The van der Waals surface area contributed by atoms with E-state index in [9.17, 15) is 4.79 Å². The lowest BCUT2D eigenvalue weighted by molar-refractivity contribution is 0.0939. The van der Waals surface area contributed by atoms with Crippen molar-refractivity contribution in [3.05, 3.63) is 38.6 Å². The maximum Gasteiger partial charge on any atom is 0.268 e. The minimum atomic E-state index is -0.156. The third-order valence-corrected chi connectivity index (χ3v) is 4.74. The zero-order valence-corrected chi connectivity index (χ0v) is 15.2. The number of fused-ring (bicyclic) bond motifs is 1.